The van der Waals surface area contributed by atoms with Crippen molar-refractivity contribution >= 4 is 13.3 Å². The van der Waals surface area contributed by atoms with E-state index in [9.17, 15) is 0 Å². The van der Waals surface area contributed by atoms with Crippen molar-refractivity contribution in [2.24, 2.45) is 0 Å². The molecule has 1 nitrogen and oxygen atoms in total. The lowest BCUT2D eigenvalue weighted by Gasteiger charge is -2.10. The van der Waals surface area contributed by atoms with E-state index in [-0.39, 0.29) is 0 Å². The van der Waals surface area contributed by atoms with Gasteiger partial charge >= 0.3 is 0 Å². The Morgan fingerprint density at radius 3 is 2.73 bits per heavy atom. The highest BCUT2D eigenvalue weighted by Gasteiger charge is 2.33. The van der Waals surface area contributed by atoms with Gasteiger partial charge in [-0.3, -0.25) is 0 Å². The van der Waals surface area contributed by atoms with Gasteiger partial charge in [-0.1, -0.05) is 31.3 Å². The van der Waals surface area contributed by atoms with E-state index >= 15 is 0 Å². The SMILES string of the molecule is C[Si]1(C)COc2ccccc21. The van der Waals surface area contributed by atoms with E-state index in [2.05, 4.69) is 31.3 Å². The molecule has 0 aliphatic carbocycles. The van der Waals surface area contributed by atoms with Crippen molar-refractivity contribution in [3.63, 3.8) is 0 Å². The zero-order chi connectivity index (χ0) is 7.90. The van der Waals surface area contributed by atoms with Crippen LogP contribution in [0.5, 0.6) is 5.75 Å². The van der Waals surface area contributed by atoms with E-state index in [0.717, 1.165) is 12.0 Å². The zero-order valence-corrected chi connectivity index (χ0v) is 7.92. The minimum atomic E-state index is -1.18. The molecule has 0 fully saturated rings. The van der Waals surface area contributed by atoms with E-state index < -0.39 is 8.07 Å². The molecule has 0 amide bonds. The van der Waals surface area contributed by atoms with Gasteiger partial charge in [0.15, 0.2) is 0 Å². The van der Waals surface area contributed by atoms with Crippen molar-refractivity contribution in [1.29, 1.82) is 0 Å². The Kier molecular flexibility index (Phi) is 1.33. The maximum absolute atomic E-state index is 5.58. The van der Waals surface area contributed by atoms with Gasteiger partial charge in [0.25, 0.3) is 0 Å². The van der Waals surface area contributed by atoms with Crippen molar-refractivity contribution < 1.29 is 4.74 Å². The van der Waals surface area contributed by atoms with Crippen LogP contribution in [0.15, 0.2) is 24.3 Å². The molecular formula is C9H12OSi. The molecule has 2 rings (SSSR count). The van der Waals surface area contributed by atoms with Crippen molar-refractivity contribution in [3.05, 3.63) is 24.3 Å². The number of benzene rings is 1. The van der Waals surface area contributed by atoms with Gasteiger partial charge in [-0.25, -0.2) is 0 Å². The standard InChI is InChI=1S/C9H12OSi/c1-11(2)7-10-8-5-3-4-6-9(8)11/h3-6H,7H2,1-2H3. The summed E-state index contributed by atoms with van der Waals surface area (Å²) in [5.41, 5.74) is 0. The maximum atomic E-state index is 5.58. The topological polar surface area (TPSA) is 9.23 Å². The first-order valence-electron chi connectivity index (χ1n) is 3.92. The number of hydrogen-bond donors (Lipinski definition) is 0. The van der Waals surface area contributed by atoms with Crippen LogP contribution in [-0.4, -0.2) is 14.3 Å². The summed E-state index contributed by atoms with van der Waals surface area (Å²) in [6, 6.07) is 8.41. The van der Waals surface area contributed by atoms with Gasteiger partial charge in [-0.05, 0) is 11.3 Å². The van der Waals surface area contributed by atoms with Crippen molar-refractivity contribution in [3.8, 4) is 5.75 Å². The molecule has 58 valence electrons. The van der Waals surface area contributed by atoms with Crippen LogP contribution < -0.4 is 9.92 Å². The van der Waals surface area contributed by atoms with Crippen LogP contribution in [0.3, 0.4) is 0 Å². The fourth-order valence-electron chi connectivity index (χ4n) is 1.49. The summed E-state index contributed by atoms with van der Waals surface area (Å²) in [6.07, 6.45) is 0.951. The predicted molar refractivity (Wildman–Crippen MR) is 49.1 cm³/mol. The van der Waals surface area contributed by atoms with Crippen molar-refractivity contribution in [2.75, 3.05) is 6.23 Å². The monoisotopic (exact) mass is 164 g/mol. The molecule has 0 radical (unpaired) electrons. The van der Waals surface area contributed by atoms with Gasteiger partial charge in [-0.2, -0.15) is 0 Å². The molecule has 1 aromatic carbocycles. The Balaban J connectivity index is 2.56. The quantitative estimate of drug-likeness (QED) is 0.528. The van der Waals surface area contributed by atoms with Crippen molar-refractivity contribution in [1.82, 2.24) is 0 Å². The lowest BCUT2D eigenvalue weighted by Crippen LogP contribution is -2.40. The van der Waals surface area contributed by atoms with Crippen LogP contribution in [0.1, 0.15) is 0 Å². The molecular weight excluding hydrogens is 152 g/mol. The average Bonchev–Trinajstić information content (AvgIpc) is 2.29. The summed E-state index contributed by atoms with van der Waals surface area (Å²) in [5.74, 6) is 1.11. The molecule has 11 heavy (non-hydrogen) atoms. The number of rotatable bonds is 0. The maximum Gasteiger partial charge on any atom is 0.128 e. The van der Waals surface area contributed by atoms with Gasteiger partial charge in [-0.15, -0.1) is 0 Å². The van der Waals surface area contributed by atoms with Gasteiger partial charge < -0.3 is 4.74 Å². The molecule has 0 saturated heterocycles. The Hall–Kier alpha value is -0.763. The van der Waals surface area contributed by atoms with Gasteiger partial charge in [0.05, 0.1) is 6.23 Å². The highest BCUT2D eigenvalue weighted by atomic mass is 28.3. The third-order valence-electron chi connectivity index (χ3n) is 2.20. The highest BCUT2D eigenvalue weighted by molar-refractivity contribution is 6.91. The minimum absolute atomic E-state index is 0.951. The molecule has 1 aliphatic rings. The molecule has 0 unspecified atom stereocenters. The first-order chi connectivity index (χ1) is 5.20. The third-order valence-corrected chi connectivity index (χ3v) is 4.94. The minimum Gasteiger partial charge on any atom is -0.497 e. The lowest BCUT2D eigenvalue weighted by atomic mass is 10.3. The number of fused-ring (bicyclic) bond motifs is 1. The Labute approximate surface area is 68.0 Å². The summed E-state index contributed by atoms with van der Waals surface area (Å²) < 4.78 is 5.58. The van der Waals surface area contributed by atoms with E-state index in [1.807, 2.05) is 6.07 Å². The number of para-hydroxylation sites is 1. The van der Waals surface area contributed by atoms with Gasteiger partial charge in [0.1, 0.15) is 13.8 Å². The third kappa shape index (κ3) is 0.978. The molecule has 0 N–H and O–H groups in total. The first kappa shape index (κ1) is 6.92. The Bertz CT molecular complexity index is 281. The predicted octanol–water partition coefficient (Wildman–Crippen LogP) is 1.53. The molecule has 1 aliphatic heterocycles. The number of hydrogen-bond acceptors (Lipinski definition) is 1. The molecule has 0 aromatic heterocycles. The fraction of sp³-hybridized carbons (Fsp3) is 0.333. The summed E-state index contributed by atoms with van der Waals surface area (Å²) in [7, 11) is -1.18. The van der Waals surface area contributed by atoms with Crippen LogP contribution >= 0.6 is 0 Å². The average molecular weight is 164 g/mol. The van der Waals surface area contributed by atoms with E-state index in [4.69, 9.17) is 4.74 Å². The van der Waals surface area contributed by atoms with E-state index in [1.54, 1.807) is 0 Å². The van der Waals surface area contributed by atoms with Crippen molar-refractivity contribution in [2.45, 2.75) is 13.1 Å². The summed E-state index contributed by atoms with van der Waals surface area (Å²) in [6.45, 7) is 4.69. The van der Waals surface area contributed by atoms with E-state index in [1.165, 1.54) is 5.19 Å². The van der Waals surface area contributed by atoms with Gasteiger partial charge in [0, 0.05) is 0 Å². The highest BCUT2D eigenvalue weighted by Crippen LogP contribution is 2.20. The summed E-state index contributed by atoms with van der Waals surface area (Å²) in [5, 5.41) is 1.47. The van der Waals surface area contributed by atoms with Crippen LogP contribution in [0.2, 0.25) is 13.1 Å². The molecule has 1 heterocycles. The second kappa shape index (κ2) is 2.11. The second-order valence-electron chi connectivity index (χ2n) is 3.67. The largest absolute Gasteiger partial charge is 0.497 e. The molecule has 0 spiro atoms. The normalized spacial score (nSPS) is 19.1. The van der Waals surface area contributed by atoms with Gasteiger partial charge in [0.2, 0.25) is 0 Å². The summed E-state index contributed by atoms with van der Waals surface area (Å²) in [4.78, 5) is 0. The Morgan fingerprint density at radius 2 is 2.00 bits per heavy atom. The molecule has 2 heteroatoms. The fourth-order valence-corrected chi connectivity index (χ4v) is 3.53. The summed E-state index contributed by atoms with van der Waals surface area (Å²) >= 11 is 0. The Morgan fingerprint density at radius 1 is 1.27 bits per heavy atom. The first-order valence-corrected chi connectivity index (χ1v) is 7.13. The van der Waals surface area contributed by atoms with Crippen LogP contribution in [0, 0.1) is 0 Å². The molecule has 0 bridgehead atoms. The molecule has 0 atom stereocenters. The smallest absolute Gasteiger partial charge is 0.128 e. The zero-order valence-electron chi connectivity index (χ0n) is 6.92. The van der Waals surface area contributed by atoms with Crippen LogP contribution in [-0.2, 0) is 0 Å². The van der Waals surface area contributed by atoms with Crippen LogP contribution in [0.4, 0.5) is 0 Å². The van der Waals surface area contributed by atoms with Crippen LogP contribution in [0.25, 0.3) is 0 Å². The lowest BCUT2D eigenvalue weighted by molar-refractivity contribution is 0.395. The number of ether oxygens (including phenoxy) is 1. The molecule has 0 saturated carbocycles. The second-order valence-corrected chi connectivity index (χ2v) is 8.26. The van der Waals surface area contributed by atoms with E-state index in [0.29, 0.717) is 0 Å². The molecule has 1 aromatic rings.